The van der Waals surface area contributed by atoms with Crippen molar-refractivity contribution in [1.82, 2.24) is 20.3 Å². The van der Waals surface area contributed by atoms with Gasteiger partial charge in [-0.25, -0.2) is 9.37 Å². The summed E-state index contributed by atoms with van der Waals surface area (Å²) in [5.41, 5.74) is -1.04. The summed E-state index contributed by atoms with van der Waals surface area (Å²) in [5.74, 6) is -0.889. The van der Waals surface area contributed by atoms with Crippen LogP contribution in [0, 0.1) is 5.82 Å². The van der Waals surface area contributed by atoms with Crippen molar-refractivity contribution < 1.29 is 13.9 Å². The van der Waals surface area contributed by atoms with Gasteiger partial charge in [0.25, 0.3) is 5.56 Å². The number of ether oxygens (including phenoxy) is 2. The van der Waals surface area contributed by atoms with Crippen LogP contribution in [0.15, 0.2) is 9.95 Å². The van der Waals surface area contributed by atoms with E-state index in [-0.39, 0.29) is 39.2 Å². The molecule has 2 N–H and O–H groups in total. The van der Waals surface area contributed by atoms with Gasteiger partial charge >= 0.3 is 0 Å². The number of aromatic nitrogens is 3. The van der Waals surface area contributed by atoms with Gasteiger partial charge in [0.1, 0.15) is 17.5 Å². The number of pyridine rings is 1. The van der Waals surface area contributed by atoms with Crippen molar-refractivity contribution in [2.24, 2.45) is 0 Å². The molecule has 3 heterocycles. The lowest BCUT2D eigenvalue weighted by molar-refractivity contribution is -0.0894. The summed E-state index contributed by atoms with van der Waals surface area (Å²) < 4.78 is 25.0. The molecular weight excluding hydrogens is 347 g/mol. The van der Waals surface area contributed by atoms with Crippen molar-refractivity contribution in [3.8, 4) is 5.88 Å². The van der Waals surface area contributed by atoms with Gasteiger partial charge in [0, 0.05) is 0 Å². The fraction of sp³-hybridized carbons (Fsp3) is 0.462. The summed E-state index contributed by atoms with van der Waals surface area (Å²) in [4.78, 5) is 22.7. The SMILES string of the molecule is CNC1(COc2nc(Cl)c(F)c3nc(SC)[nH]c(=O)c23)COC1. The maximum atomic E-state index is 14.2. The highest BCUT2D eigenvalue weighted by Gasteiger charge is 2.38. The van der Waals surface area contributed by atoms with Crippen molar-refractivity contribution in [3.05, 3.63) is 21.3 Å². The Labute approximate surface area is 139 Å². The van der Waals surface area contributed by atoms with E-state index in [0.29, 0.717) is 13.2 Å². The van der Waals surface area contributed by atoms with Crippen LogP contribution >= 0.6 is 23.4 Å². The highest BCUT2D eigenvalue weighted by molar-refractivity contribution is 7.98. The molecule has 0 aromatic carbocycles. The average Bonchev–Trinajstić information content (AvgIpc) is 2.50. The molecule has 2 aromatic heterocycles. The smallest absolute Gasteiger partial charge is 0.265 e. The summed E-state index contributed by atoms with van der Waals surface area (Å²) in [6.45, 7) is 1.15. The van der Waals surface area contributed by atoms with E-state index >= 15 is 0 Å². The zero-order valence-electron chi connectivity index (χ0n) is 12.4. The summed E-state index contributed by atoms with van der Waals surface area (Å²) in [7, 11) is 1.79. The lowest BCUT2D eigenvalue weighted by Gasteiger charge is -2.40. The molecule has 1 fully saturated rings. The van der Waals surface area contributed by atoms with Crippen molar-refractivity contribution in [2.75, 3.05) is 33.1 Å². The molecule has 3 rings (SSSR count). The third-order valence-corrected chi connectivity index (χ3v) is 4.50. The van der Waals surface area contributed by atoms with Crippen LogP contribution in [0.3, 0.4) is 0 Å². The molecule has 0 radical (unpaired) electrons. The largest absolute Gasteiger partial charge is 0.475 e. The topological polar surface area (TPSA) is 89.1 Å². The van der Waals surface area contributed by atoms with Gasteiger partial charge in [-0.05, 0) is 13.3 Å². The Kier molecular flexibility index (Phi) is 4.45. The first-order valence-electron chi connectivity index (χ1n) is 6.72. The molecule has 124 valence electrons. The lowest BCUT2D eigenvalue weighted by Crippen LogP contribution is -2.62. The maximum Gasteiger partial charge on any atom is 0.265 e. The minimum absolute atomic E-state index is 0.0469. The summed E-state index contributed by atoms with van der Waals surface area (Å²) >= 11 is 6.99. The molecule has 23 heavy (non-hydrogen) atoms. The monoisotopic (exact) mass is 360 g/mol. The van der Waals surface area contributed by atoms with Crippen molar-refractivity contribution >= 4 is 34.3 Å². The number of nitrogens with zero attached hydrogens (tertiary/aromatic N) is 2. The molecule has 0 amide bonds. The summed E-state index contributed by atoms with van der Waals surface area (Å²) in [6.07, 6.45) is 1.72. The van der Waals surface area contributed by atoms with Gasteiger partial charge in [-0.15, -0.1) is 0 Å². The first-order chi connectivity index (χ1) is 11.0. The van der Waals surface area contributed by atoms with E-state index in [9.17, 15) is 9.18 Å². The van der Waals surface area contributed by atoms with Gasteiger partial charge in [0.05, 0.1) is 18.8 Å². The Bertz CT molecular complexity index is 806. The number of nitrogens with one attached hydrogen (secondary N) is 2. The number of halogens is 2. The fourth-order valence-corrected chi connectivity index (χ4v) is 2.70. The molecule has 0 atom stereocenters. The number of hydrogen-bond donors (Lipinski definition) is 2. The molecule has 7 nitrogen and oxygen atoms in total. The molecule has 0 unspecified atom stereocenters. The van der Waals surface area contributed by atoms with Gasteiger partial charge in [-0.2, -0.15) is 4.98 Å². The van der Waals surface area contributed by atoms with E-state index < -0.39 is 11.4 Å². The van der Waals surface area contributed by atoms with E-state index in [1.54, 1.807) is 13.3 Å². The van der Waals surface area contributed by atoms with Crippen LogP contribution in [0.25, 0.3) is 10.9 Å². The molecule has 0 saturated carbocycles. The standard InChI is InChI=1S/C13H14ClFN4O3S/c1-16-13(3-21-4-13)5-22-11-6-8(7(15)9(14)18-11)17-12(23-2)19-10(6)20/h16H,3-5H2,1-2H3,(H,17,19,20). The number of likely N-dealkylation sites (N-methyl/N-ethyl adjacent to an activating group) is 1. The normalized spacial score (nSPS) is 16.3. The molecular formula is C13H14ClFN4O3S. The van der Waals surface area contributed by atoms with E-state index in [1.807, 2.05) is 0 Å². The second-order valence-electron chi connectivity index (χ2n) is 5.13. The van der Waals surface area contributed by atoms with E-state index in [1.165, 1.54) is 11.8 Å². The van der Waals surface area contributed by atoms with Crippen LogP contribution < -0.4 is 15.6 Å². The molecule has 0 spiro atoms. The van der Waals surface area contributed by atoms with Gasteiger partial charge in [0.2, 0.25) is 5.88 Å². The zero-order chi connectivity index (χ0) is 16.6. The lowest BCUT2D eigenvalue weighted by atomic mass is 9.99. The van der Waals surface area contributed by atoms with Crippen LogP contribution in [0.2, 0.25) is 5.15 Å². The maximum absolute atomic E-state index is 14.2. The molecule has 10 heteroatoms. The number of aromatic amines is 1. The van der Waals surface area contributed by atoms with E-state index in [4.69, 9.17) is 21.1 Å². The Balaban J connectivity index is 2.06. The Hall–Kier alpha value is -1.42. The number of thioether (sulfide) groups is 1. The predicted octanol–water partition coefficient (Wildman–Crippen LogP) is 1.20. The third-order valence-electron chi connectivity index (χ3n) is 3.67. The molecule has 1 saturated heterocycles. The Morgan fingerprint density at radius 3 is 2.83 bits per heavy atom. The Morgan fingerprint density at radius 2 is 2.26 bits per heavy atom. The van der Waals surface area contributed by atoms with Crippen molar-refractivity contribution in [2.45, 2.75) is 10.7 Å². The number of fused-ring (bicyclic) bond motifs is 1. The van der Waals surface area contributed by atoms with Gasteiger partial charge in [-0.3, -0.25) is 4.79 Å². The van der Waals surface area contributed by atoms with E-state index in [0.717, 1.165) is 0 Å². The zero-order valence-corrected chi connectivity index (χ0v) is 14.0. The Morgan fingerprint density at radius 1 is 1.52 bits per heavy atom. The van der Waals surface area contributed by atoms with Crippen LogP contribution in [-0.4, -0.2) is 53.6 Å². The minimum Gasteiger partial charge on any atom is -0.475 e. The van der Waals surface area contributed by atoms with Crippen LogP contribution in [0.5, 0.6) is 5.88 Å². The second-order valence-corrected chi connectivity index (χ2v) is 6.29. The fourth-order valence-electron chi connectivity index (χ4n) is 2.16. The van der Waals surface area contributed by atoms with Crippen LogP contribution in [0.4, 0.5) is 4.39 Å². The molecule has 2 aromatic rings. The number of rotatable bonds is 5. The summed E-state index contributed by atoms with van der Waals surface area (Å²) in [6, 6.07) is 0. The molecule has 0 bridgehead atoms. The second kappa shape index (κ2) is 6.23. The summed E-state index contributed by atoms with van der Waals surface area (Å²) in [5, 5.41) is 2.94. The van der Waals surface area contributed by atoms with Crippen LogP contribution in [-0.2, 0) is 4.74 Å². The van der Waals surface area contributed by atoms with Gasteiger partial charge in [-0.1, -0.05) is 23.4 Å². The highest BCUT2D eigenvalue weighted by Crippen LogP contribution is 2.28. The minimum atomic E-state index is -0.842. The third kappa shape index (κ3) is 2.89. The van der Waals surface area contributed by atoms with Crippen molar-refractivity contribution in [1.29, 1.82) is 0 Å². The van der Waals surface area contributed by atoms with Gasteiger partial charge < -0.3 is 19.8 Å². The van der Waals surface area contributed by atoms with E-state index in [2.05, 4.69) is 20.3 Å². The average molecular weight is 361 g/mol. The highest BCUT2D eigenvalue weighted by atomic mass is 35.5. The number of hydrogen-bond acceptors (Lipinski definition) is 7. The van der Waals surface area contributed by atoms with Gasteiger partial charge in [0.15, 0.2) is 16.1 Å². The van der Waals surface area contributed by atoms with Crippen molar-refractivity contribution in [3.63, 3.8) is 0 Å². The molecule has 1 aliphatic heterocycles. The number of H-pyrrole nitrogens is 1. The molecule has 1 aliphatic rings. The quantitative estimate of drug-likeness (QED) is 0.470. The molecule has 0 aliphatic carbocycles. The first kappa shape index (κ1) is 16.4. The predicted molar refractivity (Wildman–Crippen MR) is 85.0 cm³/mol. The first-order valence-corrected chi connectivity index (χ1v) is 8.32. The van der Waals surface area contributed by atoms with Crippen LogP contribution in [0.1, 0.15) is 0 Å².